The summed E-state index contributed by atoms with van der Waals surface area (Å²) < 4.78 is 13.4. The molecule has 1 rings (SSSR count). The zero-order valence-corrected chi connectivity index (χ0v) is 11.6. The second-order valence-electron chi connectivity index (χ2n) is 4.48. The first-order valence-corrected chi connectivity index (χ1v) is 6.41. The van der Waals surface area contributed by atoms with E-state index in [1.54, 1.807) is 12.1 Å². The molecule has 0 saturated carbocycles. The third-order valence-electron chi connectivity index (χ3n) is 2.83. The Labute approximate surface area is 110 Å². The van der Waals surface area contributed by atoms with Crippen molar-refractivity contribution in [3.8, 4) is 0 Å². The van der Waals surface area contributed by atoms with Gasteiger partial charge in [-0.15, -0.1) is 0 Å². The van der Waals surface area contributed by atoms with E-state index in [4.69, 9.17) is 5.73 Å². The number of hydrogen-bond donors (Lipinski definition) is 1. The fourth-order valence-corrected chi connectivity index (χ4v) is 2.18. The fourth-order valence-electron chi connectivity index (χ4n) is 1.76. The molecule has 94 valence electrons. The predicted molar refractivity (Wildman–Crippen MR) is 70.2 cm³/mol. The summed E-state index contributed by atoms with van der Waals surface area (Å²) in [6, 6.07) is 4.63. The maximum Gasteiger partial charge on any atom is 0.141 e. The van der Waals surface area contributed by atoms with Gasteiger partial charge in [-0.2, -0.15) is 0 Å². The molecule has 0 fully saturated rings. The average Bonchev–Trinajstić information content (AvgIpc) is 2.24. The second kappa shape index (κ2) is 6.26. The van der Waals surface area contributed by atoms with Crippen molar-refractivity contribution in [2.75, 3.05) is 6.54 Å². The number of carbonyl (C=O) groups is 1. The van der Waals surface area contributed by atoms with E-state index in [0.717, 1.165) is 5.56 Å². The number of halogens is 2. The van der Waals surface area contributed by atoms with Gasteiger partial charge in [-0.25, -0.2) is 4.39 Å². The van der Waals surface area contributed by atoms with Gasteiger partial charge in [0.05, 0.1) is 4.47 Å². The average molecular weight is 302 g/mol. The molecule has 0 aliphatic carbocycles. The summed E-state index contributed by atoms with van der Waals surface area (Å²) >= 11 is 3.11. The molecule has 0 aromatic heterocycles. The largest absolute Gasteiger partial charge is 0.330 e. The monoisotopic (exact) mass is 301 g/mol. The predicted octanol–water partition coefficient (Wildman–Crippen LogP) is 2.93. The van der Waals surface area contributed by atoms with Crippen LogP contribution in [0.15, 0.2) is 22.7 Å². The van der Waals surface area contributed by atoms with Gasteiger partial charge in [-0.3, -0.25) is 4.79 Å². The molecule has 0 bridgehead atoms. The number of hydrogen-bond acceptors (Lipinski definition) is 2. The van der Waals surface area contributed by atoms with E-state index < -0.39 is 0 Å². The van der Waals surface area contributed by atoms with Crippen LogP contribution < -0.4 is 5.73 Å². The Bertz CT molecular complexity index is 406. The molecule has 4 heteroatoms. The zero-order chi connectivity index (χ0) is 13.0. The van der Waals surface area contributed by atoms with Gasteiger partial charge in [0.1, 0.15) is 11.6 Å². The molecule has 2 N–H and O–H groups in total. The molecule has 1 aromatic carbocycles. The topological polar surface area (TPSA) is 43.1 Å². The number of Topliss-reactive ketones (excluding diaryl/α,β-unsaturated/α-hetero) is 1. The van der Waals surface area contributed by atoms with Gasteiger partial charge in [0.25, 0.3) is 0 Å². The third-order valence-corrected chi connectivity index (χ3v) is 3.44. The molecule has 0 saturated heterocycles. The Kier molecular flexibility index (Phi) is 5.28. The molecule has 1 unspecified atom stereocenters. The van der Waals surface area contributed by atoms with Crippen molar-refractivity contribution in [3.05, 3.63) is 34.1 Å². The van der Waals surface area contributed by atoms with Crippen molar-refractivity contribution in [1.82, 2.24) is 0 Å². The minimum Gasteiger partial charge on any atom is -0.330 e. The summed E-state index contributed by atoms with van der Waals surface area (Å²) in [6.45, 7) is 4.32. The van der Waals surface area contributed by atoms with Gasteiger partial charge in [0.2, 0.25) is 0 Å². The van der Waals surface area contributed by atoms with Crippen molar-refractivity contribution in [3.63, 3.8) is 0 Å². The molecule has 17 heavy (non-hydrogen) atoms. The number of rotatable bonds is 5. The normalized spacial score (nSPS) is 12.8. The van der Waals surface area contributed by atoms with Crippen LogP contribution >= 0.6 is 15.9 Å². The molecule has 0 aliphatic heterocycles. The van der Waals surface area contributed by atoms with Gasteiger partial charge in [0.15, 0.2) is 0 Å². The highest BCUT2D eigenvalue weighted by atomic mass is 79.9. The highest BCUT2D eigenvalue weighted by molar-refractivity contribution is 9.10. The molecular weight excluding hydrogens is 285 g/mol. The number of nitrogens with two attached hydrogens (primary N) is 1. The Morgan fingerprint density at radius 1 is 1.47 bits per heavy atom. The van der Waals surface area contributed by atoms with Crippen LogP contribution in [0.5, 0.6) is 0 Å². The van der Waals surface area contributed by atoms with E-state index in [0.29, 0.717) is 17.4 Å². The Hall–Kier alpha value is -0.740. The molecule has 0 radical (unpaired) electrons. The van der Waals surface area contributed by atoms with Crippen LogP contribution in [0.4, 0.5) is 4.39 Å². The first-order valence-electron chi connectivity index (χ1n) is 5.62. The van der Waals surface area contributed by atoms with E-state index >= 15 is 0 Å². The third kappa shape index (κ3) is 3.89. The van der Waals surface area contributed by atoms with E-state index in [1.807, 2.05) is 13.8 Å². The summed E-state index contributed by atoms with van der Waals surface area (Å²) in [7, 11) is 0. The lowest BCUT2D eigenvalue weighted by atomic mass is 9.88. The molecule has 2 nitrogen and oxygen atoms in total. The van der Waals surface area contributed by atoms with Crippen LogP contribution in [0.25, 0.3) is 0 Å². The molecule has 1 aromatic rings. The quantitative estimate of drug-likeness (QED) is 0.909. The number of benzene rings is 1. The summed E-state index contributed by atoms with van der Waals surface area (Å²) in [5, 5.41) is 0. The second-order valence-corrected chi connectivity index (χ2v) is 5.33. The molecule has 0 amide bonds. The van der Waals surface area contributed by atoms with Gasteiger partial charge >= 0.3 is 0 Å². The van der Waals surface area contributed by atoms with E-state index in [9.17, 15) is 9.18 Å². The van der Waals surface area contributed by atoms with Crippen molar-refractivity contribution in [2.24, 2.45) is 17.6 Å². The summed E-state index contributed by atoms with van der Waals surface area (Å²) in [4.78, 5) is 12.0. The first-order chi connectivity index (χ1) is 7.95. The smallest absolute Gasteiger partial charge is 0.141 e. The SMILES string of the molecule is CC(C)C(CN)C(=O)Cc1ccc(F)c(Br)c1. The highest BCUT2D eigenvalue weighted by Crippen LogP contribution is 2.19. The lowest BCUT2D eigenvalue weighted by molar-refractivity contribution is -0.123. The maximum absolute atomic E-state index is 13.0. The van der Waals surface area contributed by atoms with Crippen molar-refractivity contribution >= 4 is 21.7 Å². The van der Waals surface area contributed by atoms with Crippen LogP contribution in [0.1, 0.15) is 19.4 Å². The van der Waals surface area contributed by atoms with Crippen LogP contribution in [-0.4, -0.2) is 12.3 Å². The molecule has 0 aliphatic rings. The van der Waals surface area contributed by atoms with Crippen molar-refractivity contribution in [1.29, 1.82) is 0 Å². The number of ketones is 1. The van der Waals surface area contributed by atoms with Crippen LogP contribution in [0.2, 0.25) is 0 Å². The minimum absolute atomic E-state index is 0.112. The van der Waals surface area contributed by atoms with Crippen molar-refractivity contribution < 1.29 is 9.18 Å². The van der Waals surface area contributed by atoms with E-state index in [-0.39, 0.29) is 23.4 Å². The lowest BCUT2D eigenvalue weighted by Gasteiger charge is -2.17. The zero-order valence-electron chi connectivity index (χ0n) is 10.0. The van der Waals surface area contributed by atoms with Crippen LogP contribution in [0.3, 0.4) is 0 Å². The molecule has 0 heterocycles. The van der Waals surface area contributed by atoms with Crippen molar-refractivity contribution in [2.45, 2.75) is 20.3 Å². The fraction of sp³-hybridized carbons (Fsp3) is 0.462. The van der Waals surface area contributed by atoms with Crippen LogP contribution in [0, 0.1) is 17.7 Å². The first kappa shape index (κ1) is 14.3. The van der Waals surface area contributed by atoms with Gasteiger partial charge in [-0.05, 0) is 39.5 Å². The summed E-state index contributed by atoms with van der Waals surface area (Å²) in [5.41, 5.74) is 6.40. The molecule has 0 spiro atoms. The highest BCUT2D eigenvalue weighted by Gasteiger charge is 2.20. The van der Waals surface area contributed by atoms with E-state index in [2.05, 4.69) is 15.9 Å². The summed E-state index contributed by atoms with van der Waals surface area (Å²) in [5.74, 6) is -0.100. The standard InChI is InChI=1S/C13H17BrFNO/c1-8(2)10(7-16)13(17)6-9-3-4-12(15)11(14)5-9/h3-5,8,10H,6-7,16H2,1-2H3. The minimum atomic E-state index is -0.319. The maximum atomic E-state index is 13.0. The van der Waals surface area contributed by atoms with Gasteiger partial charge < -0.3 is 5.73 Å². The van der Waals surface area contributed by atoms with Crippen LogP contribution in [-0.2, 0) is 11.2 Å². The number of carbonyl (C=O) groups excluding carboxylic acids is 1. The summed E-state index contributed by atoms with van der Waals surface area (Å²) in [6.07, 6.45) is 0.304. The Balaban J connectivity index is 2.77. The van der Waals surface area contributed by atoms with Gasteiger partial charge in [-0.1, -0.05) is 19.9 Å². The lowest BCUT2D eigenvalue weighted by Crippen LogP contribution is -2.29. The molecular formula is C13H17BrFNO. The van der Waals surface area contributed by atoms with Gasteiger partial charge in [0, 0.05) is 18.9 Å². The Morgan fingerprint density at radius 3 is 2.59 bits per heavy atom. The molecule has 1 atom stereocenters. The van der Waals surface area contributed by atoms with E-state index in [1.165, 1.54) is 6.07 Å². The Morgan fingerprint density at radius 2 is 2.12 bits per heavy atom.